The number of carbonyl (C=O) groups is 2. The van der Waals surface area contributed by atoms with Gasteiger partial charge < -0.3 is 10.1 Å². The minimum absolute atomic E-state index is 0.236. The van der Waals surface area contributed by atoms with Crippen molar-refractivity contribution in [3.63, 3.8) is 0 Å². The van der Waals surface area contributed by atoms with E-state index in [1.807, 2.05) is 68.4 Å². The number of rotatable bonds is 7. The van der Waals surface area contributed by atoms with Gasteiger partial charge in [-0.3, -0.25) is 9.59 Å². The Hall–Kier alpha value is -4.00. The molecule has 1 heterocycles. The molecule has 2 amide bonds. The van der Waals surface area contributed by atoms with Crippen LogP contribution < -0.4 is 15.0 Å². The third-order valence-corrected chi connectivity index (χ3v) is 6.98. The van der Waals surface area contributed by atoms with E-state index in [4.69, 9.17) is 16.3 Å². The van der Waals surface area contributed by atoms with E-state index in [0.717, 1.165) is 21.7 Å². The highest BCUT2D eigenvalue weighted by Crippen LogP contribution is 2.39. The van der Waals surface area contributed by atoms with Crippen molar-refractivity contribution in [2.24, 2.45) is 0 Å². The summed E-state index contributed by atoms with van der Waals surface area (Å²) in [5.41, 5.74) is 3.55. The number of para-hydroxylation sites is 1. The Morgan fingerprint density at radius 2 is 1.38 bits per heavy atom. The average molecular weight is 527 g/mol. The van der Waals surface area contributed by atoms with Crippen LogP contribution in [0, 0.1) is 13.8 Å². The number of anilines is 2. The van der Waals surface area contributed by atoms with Crippen LogP contribution in [0.2, 0.25) is 5.02 Å². The predicted octanol–water partition coefficient (Wildman–Crippen LogP) is 7.74. The molecule has 5 nitrogen and oxygen atoms in total. The van der Waals surface area contributed by atoms with Crippen LogP contribution in [0.4, 0.5) is 11.4 Å². The number of hydrogen-bond acceptors (Lipinski definition) is 5. The summed E-state index contributed by atoms with van der Waals surface area (Å²) in [6.45, 7) is 3.98. The van der Waals surface area contributed by atoms with Crippen LogP contribution in [-0.2, 0) is 9.59 Å². The fourth-order valence-corrected chi connectivity index (χ4v) is 5.10. The van der Waals surface area contributed by atoms with E-state index in [9.17, 15) is 9.59 Å². The third-order valence-electron chi connectivity index (χ3n) is 5.64. The SMILES string of the molecule is Cc1cc(C)cc(NC2=C(Sc3ccc(Cl)cc3)C(=O)N(c3ccc(Oc4ccccc4)cc3)C2=O)c1. The lowest BCUT2D eigenvalue weighted by Gasteiger charge is -2.16. The van der Waals surface area contributed by atoms with Gasteiger partial charge in [-0.1, -0.05) is 47.6 Å². The summed E-state index contributed by atoms with van der Waals surface area (Å²) in [5.74, 6) is 0.490. The molecule has 4 aromatic rings. The highest BCUT2D eigenvalue weighted by molar-refractivity contribution is 8.04. The quantitative estimate of drug-likeness (QED) is 0.250. The Labute approximate surface area is 224 Å². The number of nitrogens with one attached hydrogen (secondary N) is 1. The normalized spacial score (nSPS) is 13.3. The van der Waals surface area contributed by atoms with E-state index >= 15 is 0 Å². The first-order valence-corrected chi connectivity index (χ1v) is 12.8. The zero-order chi connectivity index (χ0) is 25.9. The van der Waals surface area contributed by atoms with Gasteiger partial charge in [-0.2, -0.15) is 0 Å². The Morgan fingerprint density at radius 1 is 0.757 bits per heavy atom. The van der Waals surface area contributed by atoms with Crippen LogP contribution in [0.25, 0.3) is 0 Å². The number of nitrogens with zero attached hydrogens (tertiary/aromatic N) is 1. The summed E-state index contributed by atoms with van der Waals surface area (Å²) in [4.78, 5) is 29.6. The monoisotopic (exact) mass is 526 g/mol. The van der Waals surface area contributed by atoms with Gasteiger partial charge in [0.15, 0.2) is 0 Å². The van der Waals surface area contributed by atoms with Crippen molar-refractivity contribution >= 4 is 46.6 Å². The van der Waals surface area contributed by atoms with Crippen molar-refractivity contribution in [1.29, 1.82) is 0 Å². The van der Waals surface area contributed by atoms with E-state index in [1.165, 1.54) is 16.7 Å². The topological polar surface area (TPSA) is 58.6 Å². The van der Waals surface area contributed by atoms with Crippen LogP contribution in [0.5, 0.6) is 11.5 Å². The van der Waals surface area contributed by atoms with Crippen molar-refractivity contribution in [3.8, 4) is 11.5 Å². The van der Waals surface area contributed by atoms with Crippen molar-refractivity contribution in [2.75, 3.05) is 10.2 Å². The van der Waals surface area contributed by atoms with Gasteiger partial charge in [-0.15, -0.1) is 0 Å². The number of benzene rings is 4. The fraction of sp³-hybridized carbons (Fsp3) is 0.0667. The van der Waals surface area contributed by atoms with Crippen LogP contribution in [0.3, 0.4) is 0 Å². The number of halogens is 1. The molecule has 1 aliphatic rings. The zero-order valence-electron chi connectivity index (χ0n) is 20.2. The van der Waals surface area contributed by atoms with Gasteiger partial charge >= 0.3 is 0 Å². The summed E-state index contributed by atoms with van der Waals surface area (Å²) in [6, 6.07) is 29.4. The number of thioether (sulfide) groups is 1. The number of amides is 2. The Kier molecular flexibility index (Phi) is 7.04. The molecule has 37 heavy (non-hydrogen) atoms. The summed E-state index contributed by atoms with van der Waals surface area (Å²) in [7, 11) is 0. The summed E-state index contributed by atoms with van der Waals surface area (Å²) >= 11 is 7.27. The Balaban J connectivity index is 1.46. The maximum absolute atomic E-state index is 13.6. The molecule has 0 unspecified atom stereocenters. The van der Waals surface area contributed by atoms with Gasteiger partial charge in [0.05, 0.1) is 5.69 Å². The van der Waals surface area contributed by atoms with E-state index in [2.05, 4.69) is 11.4 Å². The molecule has 0 saturated carbocycles. The molecule has 1 N–H and O–H groups in total. The van der Waals surface area contributed by atoms with Gasteiger partial charge in [-0.25, -0.2) is 4.90 Å². The predicted molar refractivity (Wildman–Crippen MR) is 149 cm³/mol. The number of imide groups is 1. The molecule has 0 radical (unpaired) electrons. The number of ether oxygens (including phenoxy) is 1. The molecular formula is C30H23ClN2O3S. The molecule has 0 aromatic heterocycles. The van der Waals surface area contributed by atoms with Crippen LogP contribution >= 0.6 is 23.4 Å². The highest BCUT2D eigenvalue weighted by Gasteiger charge is 2.40. The zero-order valence-corrected chi connectivity index (χ0v) is 21.8. The molecule has 184 valence electrons. The highest BCUT2D eigenvalue weighted by atomic mass is 35.5. The fourth-order valence-electron chi connectivity index (χ4n) is 4.05. The van der Waals surface area contributed by atoms with Crippen molar-refractivity contribution in [1.82, 2.24) is 0 Å². The first-order chi connectivity index (χ1) is 17.9. The minimum Gasteiger partial charge on any atom is -0.457 e. The molecule has 0 spiro atoms. The van der Waals surface area contributed by atoms with Gasteiger partial charge in [0, 0.05) is 15.6 Å². The molecule has 0 fully saturated rings. The third kappa shape index (κ3) is 5.56. The minimum atomic E-state index is -0.419. The second-order valence-corrected chi connectivity index (χ2v) is 10.1. The molecule has 0 bridgehead atoms. The van der Waals surface area contributed by atoms with E-state index in [1.54, 1.807) is 36.4 Å². The first kappa shape index (κ1) is 24.7. The number of carbonyl (C=O) groups excluding carboxylic acids is 2. The van der Waals surface area contributed by atoms with Gasteiger partial charge in [0.25, 0.3) is 11.8 Å². The van der Waals surface area contributed by atoms with Gasteiger partial charge in [0.2, 0.25) is 0 Å². The van der Waals surface area contributed by atoms with Gasteiger partial charge in [0.1, 0.15) is 22.1 Å². The van der Waals surface area contributed by atoms with Crippen LogP contribution in [0.15, 0.2) is 113 Å². The molecular weight excluding hydrogens is 504 g/mol. The Bertz CT molecular complexity index is 1480. The number of hydrogen-bond donors (Lipinski definition) is 1. The van der Waals surface area contributed by atoms with Crippen molar-refractivity contribution in [3.05, 3.63) is 124 Å². The maximum Gasteiger partial charge on any atom is 0.283 e. The van der Waals surface area contributed by atoms with Crippen molar-refractivity contribution in [2.45, 2.75) is 18.7 Å². The molecule has 1 aliphatic heterocycles. The lowest BCUT2D eigenvalue weighted by molar-refractivity contribution is -0.120. The summed E-state index contributed by atoms with van der Waals surface area (Å²) in [6.07, 6.45) is 0. The molecule has 4 aromatic carbocycles. The van der Waals surface area contributed by atoms with E-state index in [0.29, 0.717) is 27.1 Å². The lowest BCUT2D eigenvalue weighted by atomic mass is 10.1. The van der Waals surface area contributed by atoms with Gasteiger partial charge in [-0.05, 0) is 97.8 Å². The first-order valence-electron chi connectivity index (χ1n) is 11.6. The standard InChI is InChI=1S/C30H23ClN2O3S/c1-19-16-20(2)18-22(17-19)32-27-28(37-26-14-8-21(31)9-15-26)30(35)33(29(27)34)23-10-12-25(13-11-23)36-24-6-4-3-5-7-24/h3-18,32H,1-2H3. The molecule has 5 rings (SSSR count). The lowest BCUT2D eigenvalue weighted by Crippen LogP contribution is -2.32. The summed E-state index contributed by atoms with van der Waals surface area (Å²) in [5, 5.41) is 3.82. The average Bonchev–Trinajstić information content (AvgIpc) is 3.10. The molecule has 0 aliphatic carbocycles. The van der Waals surface area contributed by atoms with Crippen LogP contribution in [0.1, 0.15) is 11.1 Å². The summed E-state index contributed by atoms with van der Waals surface area (Å²) < 4.78 is 5.86. The molecule has 0 saturated heterocycles. The second kappa shape index (κ2) is 10.5. The second-order valence-electron chi connectivity index (χ2n) is 8.62. The smallest absolute Gasteiger partial charge is 0.283 e. The van der Waals surface area contributed by atoms with Crippen molar-refractivity contribution < 1.29 is 14.3 Å². The largest absolute Gasteiger partial charge is 0.457 e. The number of aryl methyl sites for hydroxylation is 2. The molecule has 0 atom stereocenters. The van der Waals surface area contributed by atoms with Crippen LogP contribution in [-0.4, -0.2) is 11.8 Å². The van der Waals surface area contributed by atoms with E-state index < -0.39 is 11.8 Å². The molecule has 7 heteroatoms. The Morgan fingerprint density at radius 3 is 2.03 bits per heavy atom. The van der Waals surface area contributed by atoms with E-state index in [-0.39, 0.29) is 5.70 Å². The maximum atomic E-state index is 13.6.